The molecule has 92 valence electrons. The van der Waals surface area contributed by atoms with Gasteiger partial charge in [0.2, 0.25) is 0 Å². The molecular weight excluding hydrogens is 240 g/mol. The highest BCUT2D eigenvalue weighted by atomic mass is 14.2. The van der Waals surface area contributed by atoms with Gasteiger partial charge in [0.05, 0.1) is 0 Å². The predicted molar refractivity (Wildman–Crippen MR) is 87.9 cm³/mol. The van der Waals surface area contributed by atoms with Crippen molar-refractivity contribution in [1.82, 2.24) is 0 Å². The van der Waals surface area contributed by atoms with Crippen LogP contribution in [0.4, 0.5) is 0 Å². The lowest BCUT2D eigenvalue weighted by Crippen LogP contribution is -1.83. The van der Waals surface area contributed by atoms with Crippen LogP contribution < -0.4 is 0 Å². The van der Waals surface area contributed by atoms with E-state index in [1.54, 1.807) is 0 Å². The van der Waals surface area contributed by atoms with Crippen molar-refractivity contribution in [2.75, 3.05) is 0 Å². The molecule has 1 aliphatic carbocycles. The first-order valence-corrected chi connectivity index (χ1v) is 6.96. The molecule has 0 amide bonds. The van der Waals surface area contributed by atoms with Crippen molar-refractivity contribution >= 4 is 44.5 Å². The molecule has 0 unspecified atom stereocenters. The van der Waals surface area contributed by atoms with Gasteiger partial charge in [-0.3, -0.25) is 0 Å². The summed E-state index contributed by atoms with van der Waals surface area (Å²) in [4.78, 5) is 0. The van der Waals surface area contributed by atoms with E-state index in [2.05, 4.69) is 72.8 Å². The maximum atomic E-state index is 2.33. The Labute approximate surface area is 117 Å². The van der Waals surface area contributed by atoms with Gasteiger partial charge in [0.15, 0.2) is 0 Å². The first kappa shape index (κ1) is 10.2. The summed E-state index contributed by atoms with van der Waals surface area (Å²) in [5.41, 5.74) is 2.71. The van der Waals surface area contributed by atoms with Crippen LogP contribution in [0.25, 0.3) is 44.5 Å². The van der Waals surface area contributed by atoms with Crippen molar-refractivity contribution in [3.8, 4) is 0 Å². The van der Waals surface area contributed by atoms with Crippen LogP contribution >= 0.6 is 0 Å². The zero-order valence-electron chi connectivity index (χ0n) is 10.9. The normalized spacial score (nSPS) is 12.8. The molecule has 0 aliphatic heterocycles. The van der Waals surface area contributed by atoms with E-state index < -0.39 is 0 Å². The summed E-state index contributed by atoms with van der Waals surface area (Å²) in [7, 11) is 0. The summed E-state index contributed by atoms with van der Waals surface area (Å²) in [6, 6.07) is 22.1. The third-order valence-electron chi connectivity index (χ3n) is 4.35. The molecule has 0 N–H and O–H groups in total. The average Bonchev–Trinajstić information content (AvgIpc) is 2.92. The van der Waals surface area contributed by atoms with Crippen LogP contribution in [-0.4, -0.2) is 0 Å². The molecule has 0 heteroatoms. The summed E-state index contributed by atoms with van der Waals surface area (Å²) in [6.45, 7) is 0. The maximum absolute atomic E-state index is 2.33. The summed E-state index contributed by atoms with van der Waals surface area (Å²) in [5.74, 6) is 0. The molecule has 0 saturated heterocycles. The van der Waals surface area contributed by atoms with E-state index in [0.29, 0.717) is 0 Å². The molecule has 0 fully saturated rings. The number of rotatable bonds is 0. The largest absolute Gasteiger partial charge is 0.0616 e. The quantitative estimate of drug-likeness (QED) is 0.313. The van der Waals surface area contributed by atoms with E-state index in [1.807, 2.05) is 0 Å². The molecule has 0 aromatic heterocycles. The van der Waals surface area contributed by atoms with Crippen LogP contribution in [0.5, 0.6) is 0 Å². The number of fused-ring (bicyclic) bond motifs is 3. The highest BCUT2D eigenvalue weighted by Gasteiger charge is 2.12. The topological polar surface area (TPSA) is 0 Å². The van der Waals surface area contributed by atoms with Crippen molar-refractivity contribution in [3.05, 3.63) is 71.8 Å². The minimum Gasteiger partial charge on any atom is -0.0616 e. The summed E-state index contributed by atoms with van der Waals surface area (Å²) in [6.07, 6.45) is 4.49. The minimum atomic E-state index is 1.31. The zero-order chi connectivity index (χ0) is 13.1. The second-order valence-corrected chi connectivity index (χ2v) is 5.49. The lowest BCUT2D eigenvalue weighted by Gasteiger charge is -2.09. The zero-order valence-corrected chi connectivity index (χ0v) is 10.9. The van der Waals surface area contributed by atoms with Gasteiger partial charge >= 0.3 is 0 Å². The second-order valence-electron chi connectivity index (χ2n) is 5.49. The average molecular weight is 252 g/mol. The van der Waals surface area contributed by atoms with Gasteiger partial charge in [-0.1, -0.05) is 54.6 Å². The summed E-state index contributed by atoms with van der Waals surface area (Å²) >= 11 is 0. The number of hydrogen-bond acceptors (Lipinski definition) is 0. The van der Waals surface area contributed by atoms with E-state index in [9.17, 15) is 0 Å². The lowest BCUT2D eigenvalue weighted by atomic mass is 9.95. The Bertz CT molecular complexity index is 1040. The fourth-order valence-corrected chi connectivity index (χ4v) is 3.42. The minimum absolute atomic E-state index is 1.31. The van der Waals surface area contributed by atoms with Crippen molar-refractivity contribution in [1.29, 1.82) is 0 Å². The highest BCUT2D eigenvalue weighted by Crippen LogP contribution is 2.38. The Kier molecular flexibility index (Phi) is 1.78. The van der Waals surface area contributed by atoms with Gasteiger partial charge in [0.25, 0.3) is 0 Å². The molecule has 0 spiro atoms. The summed E-state index contributed by atoms with van der Waals surface area (Å²) < 4.78 is 0. The van der Waals surface area contributed by atoms with Crippen LogP contribution in [0, 0.1) is 0 Å². The van der Waals surface area contributed by atoms with Crippen molar-refractivity contribution in [2.24, 2.45) is 0 Å². The van der Waals surface area contributed by atoms with E-state index in [4.69, 9.17) is 0 Å². The smallest absolute Gasteiger partial charge is 0.00324 e. The van der Waals surface area contributed by atoms with Gasteiger partial charge in [0.1, 0.15) is 0 Å². The molecule has 0 saturated carbocycles. The van der Waals surface area contributed by atoms with Crippen molar-refractivity contribution < 1.29 is 0 Å². The first-order valence-electron chi connectivity index (χ1n) is 6.96. The van der Waals surface area contributed by atoms with Gasteiger partial charge in [-0.2, -0.15) is 0 Å². The van der Waals surface area contributed by atoms with Gasteiger partial charge < -0.3 is 0 Å². The Morgan fingerprint density at radius 1 is 0.550 bits per heavy atom. The molecule has 4 aromatic rings. The van der Waals surface area contributed by atoms with Gasteiger partial charge in [-0.15, -0.1) is 0 Å². The second kappa shape index (κ2) is 3.49. The van der Waals surface area contributed by atoms with Gasteiger partial charge in [-0.25, -0.2) is 0 Å². The number of hydrogen-bond donors (Lipinski definition) is 0. The molecule has 0 radical (unpaired) electrons. The van der Waals surface area contributed by atoms with E-state index in [0.717, 1.165) is 0 Å². The fourth-order valence-electron chi connectivity index (χ4n) is 3.42. The van der Waals surface area contributed by atoms with Crippen LogP contribution in [0.15, 0.2) is 60.7 Å². The lowest BCUT2D eigenvalue weighted by molar-refractivity contribution is 1.75. The first-order chi connectivity index (χ1) is 9.90. The molecule has 0 atom stereocenters. The van der Waals surface area contributed by atoms with Crippen molar-refractivity contribution in [2.45, 2.75) is 0 Å². The molecule has 0 heterocycles. The van der Waals surface area contributed by atoms with Gasteiger partial charge in [0, 0.05) is 0 Å². The third-order valence-corrected chi connectivity index (χ3v) is 4.35. The Balaban J connectivity index is 2.08. The van der Waals surface area contributed by atoms with Crippen LogP contribution in [0.2, 0.25) is 0 Å². The van der Waals surface area contributed by atoms with E-state index in [1.165, 1.54) is 43.4 Å². The molecule has 20 heavy (non-hydrogen) atoms. The Hall–Kier alpha value is -2.60. The Morgan fingerprint density at radius 2 is 1.30 bits per heavy atom. The molecule has 4 aromatic carbocycles. The monoisotopic (exact) mass is 252 g/mol. The maximum Gasteiger partial charge on any atom is -0.00324 e. The highest BCUT2D eigenvalue weighted by molar-refractivity contribution is 6.16. The molecule has 1 aliphatic rings. The SMILES string of the molecule is C1=Cc2c3cc4ccccc4cc3cc3cccc1c23. The van der Waals surface area contributed by atoms with E-state index in [-0.39, 0.29) is 0 Å². The third kappa shape index (κ3) is 1.21. The molecule has 5 rings (SSSR count). The number of benzene rings is 4. The standard InChI is InChI=1S/C20H12/c1-2-5-15-12-19-17(10-14(15)4-1)11-16-7-3-6-13-8-9-18(19)20(13)16/h1-12H. The van der Waals surface area contributed by atoms with Gasteiger partial charge in [-0.05, 0) is 61.6 Å². The van der Waals surface area contributed by atoms with E-state index >= 15 is 0 Å². The summed E-state index contributed by atoms with van der Waals surface area (Å²) in [5, 5.41) is 8.05. The van der Waals surface area contributed by atoms with Crippen LogP contribution in [-0.2, 0) is 0 Å². The predicted octanol–water partition coefficient (Wildman–Crippen LogP) is 5.63. The van der Waals surface area contributed by atoms with Crippen molar-refractivity contribution in [3.63, 3.8) is 0 Å². The van der Waals surface area contributed by atoms with Crippen LogP contribution in [0.3, 0.4) is 0 Å². The Morgan fingerprint density at radius 3 is 2.20 bits per heavy atom. The molecule has 0 nitrogen and oxygen atoms in total. The fraction of sp³-hybridized carbons (Fsp3) is 0. The molecule has 0 bridgehead atoms. The van der Waals surface area contributed by atoms with Crippen LogP contribution in [0.1, 0.15) is 11.1 Å². The molecular formula is C20H12.